The summed E-state index contributed by atoms with van der Waals surface area (Å²) >= 11 is 0. The number of hydrogen-bond donors (Lipinski definition) is 0. The van der Waals surface area contributed by atoms with Gasteiger partial charge in [0.25, 0.3) is 0 Å². The summed E-state index contributed by atoms with van der Waals surface area (Å²) in [7, 11) is 0. The van der Waals surface area contributed by atoms with Crippen LogP contribution in [0, 0.1) is 0 Å². The molecule has 1 aliphatic carbocycles. The zero-order chi connectivity index (χ0) is 31.3. The van der Waals surface area contributed by atoms with Gasteiger partial charge >= 0.3 is 0 Å². The van der Waals surface area contributed by atoms with Crippen LogP contribution in [0.5, 0.6) is 0 Å². The van der Waals surface area contributed by atoms with E-state index in [0.717, 1.165) is 0 Å². The summed E-state index contributed by atoms with van der Waals surface area (Å²) in [5.41, 5.74) is 10.6. The topological polar surface area (TPSA) is 0 Å². The van der Waals surface area contributed by atoms with Gasteiger partial charge in [0, 0.05) is 5.41 Å². The molecule has 0 saturated heterocycles. The zero-order valence-corrected chi connectivity index (χ0v) is 26.5. The number of rotatable bonds is 2. The quantitative estimate of drug-likeness (QED) is 0.174. The summed E-state index contributed by atoms with van der Waals surface area (Å²) in [6, 6.07) is 58.9. The molecule has 9 aromatic carbocycles. The lowest BCUT2D eigenvalue weighted by Gasteiger charge is -2.22. The summed E-state index contributed by atoms with van der Waals surface area (Å²) in [5, 5.41) is 13.0. The number of benzene rings is 9. The van der Waals surface area contributed by atoms with Crippen molar-refractivity contribution in [2.45, 2.75) is 19.3 Å². The lowest BCUT2D eigenvalue weighted by Crippen LogP contribution is -2.14. The standard InChI is InChI=1S/C47H32/c1-47(2)44-18-10-9-15-38(44)39-24-23-32(27-45(39)47)30-19-20-31-26-33(22-21-29(31)25-30)42-28-43-36-13-4-3-11-34(36)35-12-5-7-16-40(35)46(43)41-17-8-6-14-37(41)42/h3-28H,1-2H3. The Morgan fingerprint density at radius 2 is 0.809 bits per heavy atom. The minimum atomic E-state index is -0.00602. The van der Waals surface area contributed by atoms with Crippen molar-refractivity contribution in [2.24, 2.45) is 0 Å². The molecular weight excluding hydrogens is 565 g/mol. The van der Waals surface area contributed by atoms with E-state index >= 15 is 0 Å². The molecule has 0 aromatic heterocycles. The van der Waals surface area contributed by atoms with E-state index in [2.05, 4.69) is 172 Å². The van der Waals surface area contributed by atoms with Gasteiger partial charge < -0.3 is 0 Å². The second-order valence-electron chi connectivity index (χ2n) is 13.7. The highest BCUT2D eigenvalue weighted by Crippen LogP contribution is 2.50. The van der Waals surface area contributed by atoms with Gasteiger partial charge in [-0.15, -0.1) is 0 Å². The first kappa shape index (κ1) is 26.5. The van der Waals surface area contributed by atoms with Crippen molar-refractivity contribution >= 4 is 53.9 Å². The van der Waals surface area contributed by atoms with Crippen LogP contribution in [0.25, 0.3) is 87.2 Å². The fourth-order valence-electron chi connectivity index (χ4n) is 8.48. The Bertz CT molecular complexity index is 2760. The minimum Gasteiger partial charge on any atom is -0.0619 e. The molecule has 0 bridgehead atoms. The van der Waals surface area contributed by atoms with Gasteiger partial charge in [-0.25, -0.2) is 0 Å². The van der Waals surface area contributed by atoms with Crippen LogP contribution in [0.15, 0.2) is 158 Å². The Balaban J connectivity index is 1.13. The normalized spacial score (nSPS) is 13.5. The third kappa shape index (κ3) is 3.76. The molecule has 10 rings (SSSR count). The molecule has 0 saturated carbocycles. The lowest BCUT2D eigenvalue weighted by molar-refractivity contribution is 0.660. The molecule has 0 amide bonds. The van der Waals surface area contributed by atoms with E-state index in [1.807, 2.05) is 0 Å². The van der Waals surface area contributed by atoms with Gasteiger partial charge in [-0.2, -0.15) is 0 Å². The van der Waals surface area contributed by atoms with Crippen LogP contribution in [-0.4, -0.2) is 0 Å². The molecule has 9 aromatic rings. The van der Waals surface area contributed by atoms with Crippen LogP contribution in [-0.2, 0) is 5.41 Å². The smallest absolute Gasteiger partial charge is 0.0159 e. The van der Waals surface area contributed by atoms with Crippen LogP contribution >= 0.6 is 0 Å². The van der Waals surface area contributed by atoms with E-state index in [0.29, 0.717) is 0 Å². The molecule has 47 heavy (non-hydrogen) atoms. The number of hydrogen-bond acceptors (Lipinski definition) is 0. The van der Waals surface area contributed by atoms with Gasteiger partial charge in [-0.1, -0.05) is 147 Å². The van der Waals surface area contributed by atoms with E-state index in [-0.39, 0.29) is 5.41 Å². The summed E-state index contributed by atoms with van der Waals surface area (Å²) in [5.74, 6) is 0. The maximum Gasteiger partial charge on any atom is 0.0159 e. The van der Waals surface area contributed by atoms with Crippen LogP contribution in [0.2, 0.25) is 0 Å². The van der Waals surface area contributed by atoms with Gasteiger partial charge in [0.15, 0.2) is 0 Å². The molecule has 0 heteroatoms. The summed E-state index contributed by atoms with van der Waals surface area (Å²) < 4.78 is 0. The average Bonchev–Trinajstić information content (AvgIpc) is 3.36. The Morgan fingerprint density at radius 3 is 1.55 bits per heavy atom. The lowest BCUT2D eigenvalue weighted by atomic mass is 9.81. The second kappa shape index (κ2) is 9.64. The SMILES string of the molecule is CC1(C)c2ccccc2-c2ccc(-c3ccc4cc(-c5cc6c7ccccc7c7ccccc7c6c6ccccc56)ccc4c3)cc21. The molecule has 1 aliphatic rings. The minimum absolute atomic E-state index is 0.00602. The van der Waals surface area contributed by atoms with Crippen LogP contribution in [0.4, 0.5) is 0 Å². The second-order valence-corrected chi connectivity index (χ2v) is 13.7. The van der Waals surface area contributed by atoms with Crippen molar-refractivity contribution in [2.75, 3.05) is 0 Å². The van der Waals surface area contributed by atoms with Crippen molar-refractivity contribution in [1.29, 1.82) is 0 Å². The largest absolute Gasteiger partial charge is 0.0619 e. The molecule has 0 radical (unpaired) electrons. The first-order valence-corrected chi connectivity index (χ1v) is 16.6. The summed E-state index contributed by atoms with van der Waals surface area (Å²) in [6.45, 7) is 4.70. The molecule has 0 spiro atoms. The highest BCUT2D eigenvalue weighted by Gasteiger charge is 2.35. The Morgan fingerprint density at radius 1 is 0.319 bits per heavy atom. The monoisotopic (exact) mass is 596 g/mol. The van der Waals surface area contributed by atoms with Crippen molar-refractivity contribution in [3.05, 3.63) is 169 Å². The molecule has 0 N–H and O–H groups in total. The van der Waals surface area contributed by atoms with Gasteiger partial charge in [-0.05, 0) is 123 Å². The van der Waals surface area contributed by atoms with Crippen molar-refractivity contribution in [3.8, 4) is 33.4 Å². The molecule has 0 unspecified atom stereocenters. The zero-order valence-electron chi connectivity index (χ0n) is 26.5. The third-order valence-electron chi connectivity index (χ3n) is 10.8. The maximum atomic E-state index is 2.44. The Kier molecular flexibility index (Phi) is 5.44. The van der Waals surface area contributed by atoms with Crippen molar-refractivity contribution in [3.63, 3.8) is 0 Å². The first-order chi connectivity index (χ1) is 23.1. The van der Waals surface area contributed by atoms with E-state index in [1.165, 1.54) is 98.4 Å². The molecule has 0 aliphatic heterocycles. The summed E-state index contributed by atoms with van der Waals surface area (Å²) in [6.07, 6.45) is 0. The van der Waals surface area contributed by atoms with Crippen molar-refractivity contribution < 1.29 is 0 Å². The van der Waals surface area contributed by atoms with Crippen LogP contribution < -0.4 is 0 Å². The average molecular weight is 597 g/mol. The van der Waals surface area contributed by atoms with Gasteiger partial charge in [0.05, 0.1) is 0 Å². The predicted molar refractivity (Wildman–Crippen MR) is 202 cm³/mol. The molecule has 0 nitrogen and oxygen atoms in total. The summed E-state index contributed by atoms with van der Waals surface area (Å²) in [4.78, 5) is 0. The highest BCUT2D eigenvalue weighted by molar-refractivity contribution is 6.33. The number of fused-ring (bicyclic) bond motifs is 12. The van der Waals surface area contributed by atoms with E-state index < -0.39 is 0 Å². The molecule has 0 fully saturated rings. The van der Waals surface area contributed by atoms with Gasteiger partial charge in [0.2, 0.25) is 0 Å². The van der Waals surface area contributed by atoms with Crippen LogP contribution in [0.3, 0.4) is 0 Å². The van der Waals surface area contributed by atoms with Crippen molar-refractivity contribution in [1.82, 2.24) is 0 Å². The molecule has 220 valence electrons. The molecular formula is C47H32. The highest BCUT2D eigenvalue weighted by atomic mass is 14.4. The van der Waals surface area contributed by atoms with E-state index in [9.17, 15) is 0 Å². The van der Waals surface area contributed by atoms with Gasteiger partial charge in [0.1, 0.15) is 0 Å². The molecule has 0 heterocycles. The third-order valence-corrected chi connectivity index (χ3v) is 10.8. The predicted octanol–water partition coefficient (Wildman–Crippen LogP) is 13.1. The van der Waals surface area contributed by atoms with E-state index in [1.54, 1.807) is 0 Å². The van der Waals surface area contributed by atoms with Gasteiger partial charge in [-0.3, -0.25) is 0 Å². The van der Waals surface area contributed by atoms with Crippen LogP contribution in [0.1, 0.15) is 25.0 Å². The fourth-order valence-corrected chi connectivity index (χ4v) is 8.48. The van der Waals surface area contributed by atoms with E-state index in [4.69, 9.17) is 0 Å². The Labute approximate surface area is 274 Å². The fraction of sp³-hybridized carbons (Fsp3) is 0.0638. The maximum absolute atomic E-state index is 2.44. The first-order valence-electron chi connectivity index (χ1n) is 16.6. The Hall–Kier alpha value is -5.72. The molecule has 0 atom stereocenters.